The smallest absolute Gasteiger partial charge is 0.161 e. The lowest BCUT2D eigenvalue weighted by atomic mass is 10.1. The molecule has 1 aromatic heterocycles. The Morgan fingerprint density at radius 2 is 1.52 bits per heavy atom. The molecule has 0 amide bonds. The highest BCUT2D eigenvalue weighted by molar-refractivity contribution is 9.10. The van der Waals surface area contributed by atoms with Crippen LogP contribution in [0.4, 0.5) is 5.82 Å². The molecule has 0 aliphatic rings. The van der Waals surface area contributed by atoms with Crippen LogP contribution in [0, 0.1) is 6.92 Å². The van der Waals surface area contributed by atoms with Crippen LogP contribution >= 0.6 is 31.9 Å². The molecule has 0 aliphatic heterocycles. The van der Waals surface area contributed by atoms with Crippen LogP contribution in [0.1, 0.15) is 18.2 Å². The SMILES string of the molecule is C/C(=N\Nc1cc(C)nc(-c2ccc(Br)cc2)n1)c1ccc(Br)cc1. The topological polar surface area (TPSA) is 50.2 Å². The first-order valence-electron chi connectivity index (χ1n) is 7.69. The molecular formula is C19H16Br2N4. The van der Waals surface area contributed by atoms with Crippen LogP contribution in [0.15, 0.2) is 68.6 Å². The molecule has 2 aromatic carbocycles. The Morgan fingerprint density at radius 3 is 2.16 bits per heavy atom. The third-order valence-corrected chi connectivity index (χ3v) is 4.61. The molecule has 1 N–H and O–H groups in total. The number of nitrogens with zero attached hydrogens (tertiary/aromatic N) is 3. The largest absolute Gasteiger partial charge is 0.261 e. The highest BCUT2D eigenvalue weighted by Gasteiger charge is 2.05. The molecule has 0 saturated carbocycles. The predicted octanol–water partition coefficient (Wildman–Crippen LogP) is 5.81. The van der Waals surface area contributed by atoms with E-state index in [4.69, 9.17) is 0 Å². The number of anilines is 1. The fourth-order valence-corrected chi connectivity index (χ4v) is 2.78. The van der Waals surface area contributed by atoms with E-state index in [-0.39, 0.29) is 0 Å². The molecule has 6 heteroatoms. The lowest BCUT2D eigenvalue weighted by Gasteiger charge is -2.07. The zero-order valence-corrected chi connectivity index (χ0v) is 17.0. The van der Waals surface area contributed by atoms with Crippen LogP contribution in [0.3, 0.4) is 0 Å². The number of benzene rings is 2. The van der Waals surface area contributed by atoms with Gasteiger partial charge in [-0.05, 0) is 43.7 Å². The van der Waals surface area contributed by atoms with Gasteiger partial charge in [0, 0.05) is 26.3 Å². The number of hydrazone groups is 1. The van der Waals surface area contributed by atoms with E-state index in [1.165, 1.54) is 0 Å². The first-order valence-corrected chi connectivity index (χ1v) is 9.28. The summed E-state index contributed by atoms with van der Waals surface area (Å²) < 4.78 is 2.07. The summed E-state index contributed by atoms with van der Waals surface area (Å²) in [5.74, 6) is 1.34. The Hall–Kier alpha value is -2.05. The quantitative estimate of drug-likeness (QED) is 0.395. The molecule has 0 bridgehead atoms. The van der Waals surface area contributed by atoms with Gasteiger partial charge in [0.2, 0.25) is 0 Å². The Bertz CT molecular complexity index is 904. The van der Waals surface area contributed by atoms with Crippen LogP contribution in [0.2, 0.25) is 0 Å². The molecule has 1 heterocycles. The average Bonchev–Trinajstić information content (AvgIpc) is 2.60. The van der Waals surface area contributed by atoms with Crippen LogP contribution in [0.5, 0.6) is 0 Å². The van der Waals surface area contributed by atoms with Crippen molar-refractivity contribution in [3.63, 3.8) is 0 Å². The van der Waals surface area contributed by atoms with Crippen molar-refractivity contribution in [1.82, 2.24) is 9.97 Å². The minimum atomic E-state index is 0.668. The van der Waals surface area contributed by atoms with Crippen molar-refractivity contribution in [2.24, 2.45) is 5.10 Å². The molecule has 0 fully saturated rings. The summed E-state index contributed by atoms with van der Waals surface area (Å²) >= 11 is 6.88. The number of hydrogen-bond donors (Lipinski definition) is 1. The van der Waals surface area contributed by atoms with E-state index in [1.54, 1.807) is 0 Å². The standard InChI is InChI=1S/C19H16Br2N4/c1-12-11-18(23-19(22-12)15-5-9-17(21)10-6-15)25-24-13(2)14-3-7-16(20)8-4-14/h3-11H,1-2H3,(H,22,23,25)/b24-13+. The summed E-state index contributed by atoms with van der Waals surface area (Å²) in [4.78, 5) is 9.07. The molecule has 0 atom stereocenters. The minimum Gasteiger partial charge on any atom is -0.261 e. The second-order valence-electron chi connectivity index (χ2n) is 5.54. The number of aromatic nitrogens is 2. The van der Waals surface area contributed by atoms with E-state index < -0.39 is 0 Å². The van der Waals surface area contributed by atoms with Gasteiger partial charge in [-0.15, -0.1) is 0 Å². The summed E-state index contributed by atoms with van der Waals surface area (Å²) in [5.41, 5.74) is 6.81. The number of hydrogen-bond acceptors (Lipinski definition) is 4. The van der Waals surface area contributed by atoms with Crippen molar-refractivity contribution in [2.45, 2.75) is 13.8 Å². The predicted molar refractivity (Wildman–Crippen MR) is 110 cm³/mol. The third kappa shape index (κ3) is 4.74. The van der Waals surface area contributed by atoms with Gasteiger partial charge >= 0.3 is 0 Å². The maximum Gasteiger partial charge on any atom is 0.161 e. The van der Waals surface area contributed by atoms with Crippen LogP contribution in [0.25, 0.3) is 11.4 Å². The zero-order valence-electron chi connectivity index (χ0n) is 13.8. The molecule has 0 aliphatic carbocycles. The molecular weight excluding hydrogens is 444 g/mol. The minimum absolute atomic E-state index is 0.668. The average molecular weight is 460 g/mol. The third-order valence-electron chi connectivity index (χ3n) is 3.56. The van der Waals surface area contributed by atoms with E-state index >= 15 is 0 Å². The number of halogens is 2. The van der Waals surface area contributed by atoms with Crippen LogP contribution < -0.4 is 5.43 Å². The van der Waals surface area contributed by atoms with Gasteiger partial charge in [-0.2, -0.15) is 5.10 Å². The number of rotatable bonds is 4. The highest BCUT2D eigenvalue weighted by Crippen LogP contribution is 2.20. The Balaban J connectivity index is 1.84. The molecule has 0 saturated heterocycles. The van der Waals surface area contributed by atoms with Crippen LogP contribution in [-0.4, -0.2) is 15.7 Å². The van der Waals surface area contributed by atoms with Crippen molar-refractivity contribution in [1.29, 1.82) is 0 Å². The molecule has 0 radical (unpaired) electrons. The zero-order chi connectivity index (χ0) is 17.8. The van der Waals surface area contributed by atoms with Gasteiger partial charge in [-0.3, -0.25) is 5.43 Å². The van der Waals surface area contributed by atoms with E-state index in [0.29, 0.717) is 11.6 Å². The molecule has 3 rings (SSSR count). The van der Waals surface area contributed by atoms with Crippen molar-refractivity contribution < 1.29 is 0 Å². The lowest BCUT2D eigenvalue weighted by molar-refractivity contribution is 1.09. The summed E-state index contributed by atoms with van der Waals surface area (Å²) in [6, 6.07) is 17.8. The molecule has 126 valence electrons. The number of nitrogens with one attached hydrogen (secondary N) is 1. The van der Waals surface area contributed by atoms with Gasteiger partial charge in [0.05, 0.1) is 5.71 Å². The van der Waals surface area contributed by atoms with E-state index in [9.17, 15) is 0 Å². The first kappa shape index (κ1) is 17.8. The van der Waals surface area contributed by atoms with Gasteiger partial charge in [0.1, 0.15) is 0 Å². The molecule has 3 aromatic rings. The maximum atomic E-state index is 4.56. The summed E-state index contributed by atoms with van der Waals surface area (Å²) in [6.07, 6.45) is 0. The summed E-state index contributed by atoms with van der Waals surface area (Å²) in [5, 5.41) is 4.44. The van der Waals surface area contributed by atoms with E-state index in [1.807, 2.05) is 68.4 Å². The molecule has 0 spiro atoms. The fraction of sp³-hybridized carbons (Fsp3) is 0.105. The van der Waals surface area contributed by atoms with Gasteiger partial charge in [0.15, 0.2) is 11.6 Å². The summed E-state index contributed by atoms with van der Waals surface area (Å²) in [7, 11) is 0. The second-order valence-corrected chi connectivity index (χ2v) is 7.37. The lowest BCUT2D eigenvalue weighted by Crippen LogP contribution is -2.02. The van der Waals surface area contributed by atoms with Crippen molar-refractivity contribution >= 4 is 43.4 Å². The molecule has 0 unspecified atom stereocenters. The van der Waals surface area contributed by atoms with Crippen molar-refractivity contribution in [2.75, 3.05) is 5.43 Å². The van der Waals surface area contributed by atoms with Gasteiger partial charge in [0.25, 0.3) is 0 Å². The van der Waals surface area contributed by atoms with Gasteiger partial charge in [-0.1, -0.05) is 56.1 Å². The first-order chi connectivity index (χ1) is 12.0. The molecule has 4 nitrogen and oxygen atoms in total. The fourth-order valence-electron chi connectivity index (χ4n) is 2.25. The number of aryl methyl sites for hydroxylation is 1. The Morgan fingerprint density at radius 1 is 0.920 bits per heavy atom. The normalized spacial score (nSPS) is 11.4. The van der Waals surface area contributed by atoms with Crippen molar-refractivity contribution in [3.8, 4) is 11.4 Å². The second kappa shape index (κ2) is 7.89. The maximum absolute atomic E-state index is 4.56. The highest BCUT2D eigenvalue weighted by atomic mass is 79.9. The van der Waals surface area contributed by atoms with Crippen molar-refractivity contribution in [3.05, 3.63) is 74.8 Å². The summed E-state index contributed by atoms with van der Waals surface area (Å²) in [6.45, 7) is 3.90. The van der Waals surface area contributed by atoms with E-state index in [2.05, 4.69) is 52.4 Å². The van der Waals surface area contributed by atoms with Gasteiger partial charge in [-0.25, -0.2) is 9.97 Å². The Kier molecular flexibility index (Phi) is 5.60. The van der Waals surface area contributed by atoms with E-state index in [0.717, 1.165) is 31.5 Å². The monoisotopic (exact) mass is 458 g/mol. The Labute approximate surface area is 163 Å². The van der Waals surface area contributed by atoms with Gasteiger partial charge < -0.3 is 0 Å². The van der Waals surface area contributed by atoms with Crippen LogP contribution in [-0.2, 0) is 0 Å². The molecule has 25 heavy (non-hydrogen) atoms.